The van der Waals surface area contributed by atoms with Gasteiger partial charge in [-0.25, -0.2) is 0 Å². The van der Waals surface area contributed by atoms with Gasteiger partial charge < -0.3 is 10.1 Å². The van der Waals surface area contributed by atoms with Crippen LogP contribution < -0.4 is 10.1 Å². The van der Waals surface area contributed by atoms with Crippen LogP contribution in [0.15, 0.2) is 36.9 Å². The Labute approximate surface area is 119 Å². The largest absolute Gasteiger partial charge is 0.492 e. The fraction of sp³-hybridized carbons (Fsp3) is 0.400. The van der Waals surface area contributed by atoms with Gasteiger partial charge in [0.15, 0.2) is 0 Å². The molecular formula is C15H20N4O. The molecule has 2 aromatic heterocycles. The molecule has 1 atom stereocenters. The van der Waals surface area contributed by atoms with Crippen molar-refractivity contribution in [1.82, 2.24) is 20.5 Å². The molecule has 0 aliphatic carbocycles. The average Bonchev–Trinajstić information content (AvgIpc) is 2.50. The second kappa shape index (κ2) is 7.55. The quantitative estimate of drug-likeness (QED) is 0.838. The van der Waals surface area contributed by atoms with E-state index >= 15 is 0 Å². The molecule has 2 aromatic rings. The van der Waals surface area contributed by atoms with E-state index in [1.54, 1.807) is 18.6 Å². The molecule has 0 saturated carbocycles. The maximum Gasteiger partial charge on any atom is 0.137 e. The first-order valence-electron chi connectivity index (χ1n) is 6.92. The average molecular weight is 272 g/mol. The van der Waals surface area contributed by atoms with E-state index in [1.807, 2.05) is 25.3 Å². The molecule has 0 aromatic carbocycles. The highest BCUT2D eigenvalue weighted by Crippen LogP contribution is 2.23. The first-order valence-corrected chi connectivity index (χ1v) is 6.92. The topological polar surface area (TPSA) is 59.9 Å². The minimum absolute atomic E-state index is 0.0540. The maximum absolute atomic E-state index is 5.52. The van der Waals surface area contributed by atoms with Crippen molar-refractivity contribution in [2.45, 2.75) is 26.3 Å². The number of pyridine rings is 1. The van der Waals surface area contributed by atoms with Crippen molar-refractivity contribution in [2.24, 2.45) is 0 Å². The van der Waals surface area contributed by atoms with E-state index in [1.165, 1.54) is 0 Å². The molecule has 5 nitrogen and oxygen atoms in total. The van der Waals surface area contributed by atoms with Gasteiger partial charge in [0.05, 0.1) is 25.0 Å². The summed E-state index contributed by atoms with van der Waals surface area (Å²) >= 11 is 0. The van der Waals surface area contributed by atoms with Crippen LogP contribution in [0.2, 0.25) is 0 Å². The Morgan fingerprint density at radius 1 is 1.15 bits per heavy atom. The monoisotopic (exact) mass is 272 g/mol. The number of nitrogens with zero attached hydrogens (tertiary/aromatic N) is 3. The zero-order valence-corrected chi connectivity index (χ0v) is 11.9. The molecule has 0 amide bonds. The molecule has 2 heterocycles. The van der Waals surface area contributed by atoms with Gasteiger partial charge in [-0.05, 0) is 43.1 Å². The van der Waals surface area contributed by atoms with Gasteiger partial charge in [-0.1, -0.05) is 6.92 Å². The van der Waals surface area contributed by atoms with Gasteiger partial charge in [0.25, 0.3) is 0 Å². The van der Waals surface area contributed by atoms with Gasteiger partial charge in [0.1, 0.15) is 5.75 Å². The minimum Gasteiger partial charge on any atom is -0.492 e. The second-order valence-electron chi connectivity index (χ2n) is 4.45. The summed E-state index contributed by atoms with van der Waals surface area (Å²) in [6.45, 7) is 5.66. The first-order chi connectivity index (χ1) is 9.85. The van der Waals surface area contributed by atoms with Crippen LogP contribution in [0.4, 0.5) is 0 Å². The molecule has 20 heavy (non-hydrogen) atoms. The van der Waals surface area contributed by atoms with E-state index in [9.17, 15) is 0 Å². The molecule has 0 saturated heterocycles. The predicted molar refractivity (Wildman–Crippen MR) is 77.6 cm³/mol. The molecule has 1 unspecified atom stereocenters. The van der Waals surface area contributed by atoms with Crippen molar-refractivity contribution < 1.29 is 4.74 Å². The SMILES string of the molecule is CCCNC(c1ccnnc1)c1cncc(OCC)c1. The Morgan fingerprint density at radius 2 is 2.05 bits per heavy atom. The molecule has 2 rings (SSSR count). The molecule has 0 spiro atoms. The van der Waals surface area contributed by atoms with Crippen LogP contribution in [0.5, 0.6) is 5.75 Å². The highest BCUT2D eigenvalue weighted by Gasteiger charge is 2.14. The highest BCUT2D eigenvalue weighted by atomic mass is 16.5. The summed E-state index contributed by atoms with van der Waals surface area (Å²) in [5.74, 6) is 0.787. The highest BCUT2D eigenvalue weighted by molar-refractivity contribution is 5.32. The standard InChI is InChI=1S/C15H20N4O/c1-3-6-17-15(12-5-7-18-19-10-12)13-8-14(20-4-2)11-16-9-13/h5,7-11,15,17H,3-4,6H2,1-2H3. The lowest BCUT2D eigenvalue weighted by Crippen LogP contribution is -2.23. The minimum atomic E-state index is 0.0540. The molecule has 5 heteroatoms. The van der Waals surface area contributed by atoms with Crippen molar-refractivity contribution >= 4 is 0 Å². The van der Waals surface area contributed by atoms with E-state index in [0.29, 0.717) is 6.61 Å². The van der Waals surface area contributed by atoms with Gasteiger partial charge in [-0.2, -0.15) is 10.2 Å². The fourth-order valence-electron chi connectivity index (χ4n) is 2.03. The van der Waals surface area contributed by atoms with Crippen LogP contribution in [0, 0.1) is 0 Å². The number of aromatic nitrogens is 3. The summed E-state index contributed by atoms with van der Waals surface area (Å²) < 4.78 is 5.52. The Balaban J connectivity index is 2.28. The predicted octanol–water partition coefficient (Wildman–Crippen LogP) is 2.36. The van der Waals surface area contributed by atoms with Gasteiger partial charge >= 0.3 is 0 Å². The molecule has 0 bridgehead atoms. The molecule has 1 N–H and O–H groups in total. The van der Waals surface area contributed by atoms with Gasteiger partial charge in [-0.3, -0.25) is 4.98 Å². The molecule has 0 aliphatic rings. The third kappa shape index (κ3) is 3.74. The van der Waals surface area contributed by atoms with Crippen LogP contribution >= 0.6 is 0 Å². The Morgan fingerprint density at radius 3 is 2.75 bits per heavy atom. The van der Waals surface area contributed by atoms with Crippen LogP contribution in [0.3, 0.4) is 0 Å². The molecule has 0 radical (unpaired) electrons. The van der Waals surface area contributed by atoms with Crippen molar-refractivity contribution in [2.75, 3.05) is 13.2 Å². The van der Waals surface area contributed by atoms with E-state index in [2.05, 4.69) is 27.4 Å². The number of hydrogen-bond donors (Lipinski definition) is 1. The summed E-state index contributed by atoms with van der Waals surface area (Å²) in [5, 5.41) is 11.3. The summed E-state index contributed by atoms with van der Waals surface area (Å²) in [6, 6.07) is 4.04. The number of hydrogen-bond acceptors (Lipinski definition) is 5. The zero-order valence-electron chi connectivity index (χ0n) is 11.9. The molecule has 0 fully saturated rings. The van der Waals surface area contributed by atoms with Crippen molar-refractivity contribution in [3.63, 3.8) is 0 Å². The van der Waals surface area contributed by atoms with E-state index in [0.717, 1.165) is 29.8 Å². The number of ether oxygens (including phenoxy) is 1. The molecular weight excluding hydrogens is 252 g/mol. The molecule has 106 valence electrons. The summed E-state index contributed by atoms with van der Waals surface area (Å²) in [4.78, 5) is 4.26. The van der Waals surface area contributed by atoms with Crippen molar-refractivity contribution in [1.29, 1.82) is 0 Å². The van der Waals surface area contributed by atoms with Crippen LogP contribution in [0.25, 0.3) is 0 Å². The number of rotatable bonds is 7. The van der Waals surface area contributed by atoms with Crippen LogP contribution in [0.1, 0.15) is 37.4 Å². The van der Waals surface area contributed by atoms with E-state index in [4.69, 9.17) is 4.74 Å². The summed E-state index contributed by atoms with van der Waals surface area (Å²) in [6.07, 6.45) is 8.13. The summed E-state index contributed by atoms with van der Waals surface area (Å²) in [7, 11) is 0. The fourth-order valence-corrected chi connectivity index (χ4v) is 2.03. The van der Waals surface area contributed by atoms with Gasteiger partial charge in [0.2, 0.25) is 0 Å². The normalized spacial score (nSPS) is 12.1. The Kier molecular flexibility index (Phi) is 5.43. The lowest BCUT2D eigenvalue weighted by molar-refractivity contribution is 0.338. The van der Waals surface area contributed by atoms with Gasteiger partial charge in [-0.15, -0.1) is 0 Å². The zero-order chi connectivity index (χ0) is 14.2. The van der Waals surface area contributed by atoms with Crippen LogP contribution in [-0.2, 0) is 0 Å². The van der Waals surface area contributed by atoms with Crippen LogP contribution in [-0.4, -0.2) is 28.3 Å². The number of nitrogens with one attached hydrogen (secondary N) is 1. The Bertz CT molecular complexity index is 518. The smallest absolute Gasteiger partial charge is 0.137 e. The second-order valence-corrected chi connectivity index (χ2v) is 4.45. The van der Waals surface area contributed by atoms with Crippen molar-refractivity contribution in [3.05, 3.63) is 48.0 Å². The van der Waals surface area contributed by atoms with Crippen molar-refractivity contribution in [3.8, 4) is 5.75 Å². The molecule has 0 aliphatic heterocycles. The van der Waals surface area contributed by atoms with E-state index in [-0.39, 0.29) is 6.04 Å². The lowest BCUT2D eigenvalue weighted by Gasteiger charge is -2.19. The third-order valence-electron chi connectivity index (χ3n) is 2.92. The van der Waals surface area contributed by atoms with Gasteiger partial charge in [0, 0.05) is 12.4 Å². The maximum atomic E-state index is 5.52. The first kappa shape index (κ1) is 14.4. The Hall–Kier alpha value is -2.01. The van der Waals surface area contributed by atoms with E-state index < -0.39 is 0 Å². The summed E-state index contributed by atoms with van der Waals surface area (Å²) in [5.41, 5.74) is 2.14. The third-order valence-corrected chi connectivity index (χ3v) is 2.92. The lowest BCUT2D eigenvalue weighted by atomic mass is 10.0.